The van der Waals surface area contributed by atoms with Crippen LogP contribution in [0.2, 0.25) is 0 Å². The maximum Gasteiger partial charge on any atom is 0.261 e. The Hall–Kier alpha value is -1.96. The summed E-state index contributed by atoms with van der Waals surface area (Å²) < 4.78 is 26.4. The lowest BCUT2D eigenvalue weighted by Gasteiger charge is -2.44. The Morgan fingerprint density at radius 1 is 0.745 bits per heavy atom. The van der Waals surface area contributed by atoms with E-state index in [0.717, 1.165) is 63.3 Å². The Morgan fingerprint density at radius 2 is 1.18 bits per heavy atom. The molecule has 0 aliphatic carbocycles. The van der Waals surface area contributed by atoms with Crippen LogP contribution in [0.3, 0.4) is 0 Å². The van der Waals surface area contributed by atoms with Crippen molar-refractivity contribution in [2.24, 2.45) is 27.6 Å². The van der Waals surface area contributed by atoms with E-state index in [1.165, 1.54) is 16.7 Å². The van der Waals surface area contributed by atoms with Gasteiger partial charge >= 0.3 is 0 Å². The number of fused-ring (bicyclic) bond motifs is 4. The van der Waals surface area contributed by atoms with Gasteiger partial charge < -0.3 is 30.8 Å². The van der Waals surface area contributed by atoms with Gasteiger partial charge in [0.2, 0.25) is 0 Å². The maximum atomic E-state index is 13.4. The minimum absolute atomic E-state index is 0. The maximum absolute atomic E-state index is 13.4. The molecule has 6 aliphatic heterocycles. The third kappa shape index (κ3) is 8.20. The van der Waals surface area contributed by atoms with Crippen molar-refractivity contribution >= 4 is 90.5 Å². The molecule has 302 valence electrons. The van der Waals surface area contributed by atoms with E-state index in [0.29, 0.717) is 37.0 Å². The Kier molecular flexibility index (Phi) is 13.1. The number of amides is 2. The van der Waals surface area contributed by atoms with E-state index in [4.69, 9.17) is 29.7 Å². The molecule has 0 aromatic heterocycles. The van der Waals surface area contributed by atoms with Crippen molar-refractivity contribution in [1.29, 1.82) is 0 Å². The van der Waals surface area contributed by atoms with Crippen LogP contribution >= 0.6 is 67.6 Å². The lowest BCUT2D eigenvalue weighted by atomic mass is 9.75. The summed E-state index contributed by atoms with van der Waals surface area (Å²) in [7, 11) is 3.49. The number of amidine groups is 1. The molecule has 2 saturated heterocycles. The first-order valence-corrected chi connectivity index (χ1v) is 21.1. The van der Waals surface area contributed by atoms with Crippen molar-refractivity contribution < 1.29 is 28.5 Å². The van der Waals surface area contributed by atoms with Crippen LogP contribution in [0.4, 0.5) is 0 Å². The smallest absolute Gasteiger partial charge is 0.261 e. The molecule has 0 saturated carbocycles. The molecule has 2 spiro atoms. The number of carbonyl (C=O) groups excluding carboxylic acids is 2. The average Bonchev–Trinajstić information content (AvgIpc) is 3.47. The molecule has 2 aromatic carbocycles. The van der Waals surface area contributed by atoms with Gasteiger partial charge in [0.1, 0.15) is 23.7 Å². The van der Waals surface area contributed by atoms with Gasteiger partial charge in [0.25, 0.3) is 11.8 Å². The van der Waals surface area contributed by atoms with E-state index in [2.05, 4.69) is 64.5 Å². The zero-order chi connectivity index (χ0) is 38.1. The Balaban J connectivity index is 0.000000204. The summed E-state index contributed by atoms with van der Waals surface area (Å²) in [6.45, 7) is 9.89. The van der Waals surface area contributed by atoms with E-state index in [1.54, 1.807) is 11.9 Å². The zero-order valence-electron chi connectivity index (χ0n) is 32.5. The van der Waals surface area contributed by atoms with Gasteiger partial charge in [0, 0.05) is 72.1 Å². The molecule has 6 unspecified atom stereocenters. The van der Waals surface area contributed by atoms with Gasteiger partial charge in [0.05, 0.1) is 11.2 Å². The number of guanidine groups is 1. The van der Waals surface area contributed by atoms with Gasteiger partial charge in [-0.3, -0.25) is 19.4 Å². The SMILES string of the molecule is CN1C(=O)C2(CC(C3CCOC(C)(C)C3)Oc3ccc(Br)cc32)N=C1N.CSC1=NC2(CC(C3CCOC(C)(C)C3)Oc3ccc(Br)cc32)C(=O)N1C.I.N. The second-order valence-corrected chi connectivity index (χ2v) is 18.8. The number of rotatable bonds is 2. The third-order valence-electron chi connectivity index (χ3n) is 11.6. The molecule has 2 fully saturated rings. The van der Waals surface area contributed by atoms with Crippen LogP contribution in [0.1, 0.15) is 77.3 Å². The third-order valence-corrected chi connectivity index (χ3v) is 13.3. The molecule has 6 heterocycles. The first kappa shape index (κ1) is 44.1. The normalized spacial score (nSPS) is 31.4. The van der Waals surface area contributed by atoms with E-state index < -0.39 is 11.1 Å². The molecule has 8 rings (SSSR count). The fourth-order valence-corrected chi connectivity index (χ4v) is 10.3. The predicted molar refractivity (Wildman–Crippen MR) is 234 cm³/mol. The number of likely N-dealkylation sites (N-methyl/N-ethyl adjacent to an activating group) is 2. The van der Waals surface area contributed by atoms with Crippen LogP contribution in [-0.4, -0.2) is 89.7 Å². The predicted octanol–water partition coefficient (Wildman–Crippen LogP) is 7.76. The number of aliphatic imine (C=N–C) groups is 2. The van der Waals surface area contributed by atoms with Gasteiger partial charge in [-0.05, 0) is 96.0 Å². The van der Waals surface area contributed by atoms with Crippen LogP contribution in [0.15, 0.2) is 55.3 Å². The van der Waals surface area contributed by atoms with Gasteiger partial charge in [-0.25, -0.2) is 9.98 Å². The molecule has 5 N–H and O–H groups in total. The fraction of sp³-hybridized carbons (Fsp3) is 0.590. The highest BCUT2D eigenvalue weighted by atomic mass is 127. The summed E-state index contributed by atoms with van der Waals surface area (Å²) in [4.78, 5) is 39.3. The number of nitrogens with two attached hydrogens (primary N) is 1. The number of ether oxygens (including phenoxy) is 4. The Bertz CT molecular complexity index is 1880. The summed E-state index contributed by atoms with van der Waals surface area (Å²) in [5, 5.41) is 0.763. The molecule has 12 nitrogen and oxygen atoms in total. The van der Waals surface area contributed by atoms with E-state index in [9.17, 15) is 9.59 Å². The molecular formula is C39H53Br2IN6O6S. The highest BCUT2D eigenvalue weighted by Crippen LogP contribution is 2.51. The highest BCUT2D eigenvalue weighted by Gasteiger charge is 2.56. The minimum atomic E-state index is -0.997. The van der Waals surface area contributed by atoms with E-state index in [-0.39, 0.29) is 71.3 Å². The number of thioether (sulfide) groups is 1. The molecule has 55 heavy (non-hydrogen) atoms. The second-order valence-electron chi connectivity index (χ2n) is 16.2. The number of carbonyl (C=O) groups is 2. The molecule has 6 atom stereocenters. The van der Waals surface area contributed by atoms with Gasteiger partial charge in [-0.1, -0.05) is 43.6 Å². The summed E-state index contributed by atoms with van der Waals surface area (Å²) >= 11 is 8.55. The van der Waals surface area contributed by atoms with Crippen LogP contribution in [0, 0.1) is 11.8 Å². The van der Waals surface area contributed by atoms with Gasteiger partial charge in [-0.15, -0.1) is 24.0 Å². The minimum Gasteiger partial charge on any atom is -0.490 e. The average molecular weight is 1020 g/mol. The van der Waals surface area contributed by atoms with Crippen LogP contribution in [-0.2, 0) is 30.1 Å². The lowest BCUT2D eigenvalue weighted by Crippen LogP contribution is -2.49. The molecule has 2 aromatic rings. The van der Waals surface area contributed by atoms with Crippen molar-refractivity contribution in [1.82, 2.24) is 16.0 Å². The number of hydrogen-bond acceptors (Lipinski definition) is 11. The number of hydrogen-bond donors (Lipinski definition) is 2. The van der Waals surface area contributed by atoms with Gasteiger partial charge in [-0.2, -0.15) is 0 Å². The summed E-state index contributed by atoms with van der Waals surface area (Å²) in [6.07, 6.45) is 6.56. The monoisotopic (exact) mass is 1020 g/mol. The zero-order valence-corrected chi connectivity index (χ0v) is 38.8. The molecule has 2 amide bonds. The van der Waals surface area contributed by atoms with Crippen LogP contribution in [0.25, 0.3) is 0 Å². The van der Waals surface area contributed by atoms with E-state index in [1.807, 2.05) is 49.7 Å². The summed E-state index contributed by atoms with van der Waals surface area (Å²) in [6, 6.07) is 11.7. The Labute approximate surface area is 362 Å². The molecule has 0 radical (unpaired) electrons. The first-order chi connectivity index (χ1) is 25.0. The number of nitrogens with zero attached hydrogens (tertiary/aromatic N) is 4. The van der Waals surface area contributed by atoms with Crippen LogP contribution in [0.5, 0.6) is 11.5 Å². The molecule has 0 bridgehead atoms. The van der Waals surface area contributed by atoms with Crippen LogP contribution < -0.4 is 21.4 Å². The molecular weight excluding hydrogens is 967 g/mol. The first-order valence-electron chi connectivity index (χ1n) is 18.2. The molecule has 6 aliphatic rings. The number of halogens is 3. The van der Waals surface area contributed by atoms with Gasteiger partial charge in [0.15, 0.2) is 22.2 Å². The van der Waals surface area contributed by atoms with Crippen molar-refractivity contribution in [3.8, 4) is 11.5 Å². The largest absolute Gasteiger partial charge is 0.490 e. The number of benzene rings is 2. The van der Waals surface area contributed by atoms with Crippen molar-refractivity contribution in [3.63, 3.8) is 0 Å². The summed E-state index contributed by atoms with van der Waals surface area (Å²) in [5.74, 6) is 2.34. The second kappa shape index (κ2) is 16.4. The quantitative estimate of drug-likeness (QED) is 0.287. The molecule has 16 heteroatoms. The highest BCUT2D eigenvalue weighted by molar-refractivity contribution is 14.0. The Morgan fingerprint density at radius 3 is 1.56 bits per heavy atom. The van der Waals surface area contributed by atoms with Crippen molar-refractivity contribution in [3.05, 3.63) is 56.5 Å². The summed E-state index contributed by atoms with van der Waals surface area (Å²) in [5.41, 5.74) is 5.43. The van der Waals surface area contributed by atoms with E-state index >= 15 is 0 Å². The lowest BCUT2D eigenvalue weighted by molar-refractivity contribution is -0.135. The fourth-order valence-electron chi connectivity index (χ4n) is 8.94. The standard InChI is InChI=1S/C20H25BrN2O3S.C19H24BrN3O3.HI.H3N/c1-19(2)10-12(7-8-25-19)16-11-20(17(24)23(3)18(22-20)27-4)14-9-13(21)5-6-15(14)26-16;1-18(2)9-11(6-7-25-18)15-10-19(16(24)23(3)17(21)22-19)13-8-12(20)4-5-14(13)26-15;;/h5-6,9,12,16H,7-8,10-11H2,1-4H3;4-5,8,11,15H,6-7,9-10H2,1-3H3,(H2,21,22);1H;1H3. The topological polar surface area (TPSA) is 163 Å². The van der Waals surface area contributed by atoms with Crippen molar-refractivity contribution in [2.45, 2.75) is 101 Å². The van der Waals surface area contributed by atoms with Crippen molar-refractivity contribution in [2.75, 3.05) is 33.6 Å².